The van der Waals surface area contributed by atoms with Crippen molar-refractivity contribution in [2.75, 3.05) is 0 Å². The fourth-order valence-corrected chi connectivity index (χ4v) is 2.75. The van der Waals surface area contributed by atoms with Crippen LogP contribution >= 0.6 is 0 Å². The molecule has 0 aliphatic carbocycles. The van der Waals surface area contributed by atoms with Gasteiger partial charge in [0.1, 0.15) is 12.6 Å². The van der Waals surface area contributed by atoms with E-state index in [1.807, 2.05) is 74.5 Å². The molecule has 0 bridgehead atoms. The second-order valence-electron chi connectivity index (χ2n) is 7.08. The van der Waals surface area contributed by atoms with E-state index in [-0.39, 0.29) is 18.4 Å². The minimum absolute atomic E-state index is 0.181. The molecule has 27 heavy (non-hydrogen) atoms. The van der Waals surface area contributed by atoms with E-state index in [1.54, 1.807) is 0 Å². The molecule has 0 spiro atoms. The number of nitrogens with two attached hydrogens (primary N) is 1. The van der Waals surface area contributed by atoms with Gasteiger partial charge in [-0.05, 0) is 29.9 Å². The molecular weight excluding hydrogens is 340 g/mol. The number of benzene rings is 2. The molecule has 0 saturated heterocycles. The van der Waals surface area contributed by atoms with Crippen molar-refractivity contribution in [3.05, 3.63) is 71.8 Å². The van der Waals surface area contributed by atoms with Crippen molar-refractivity contribution >= 4 is 11.9 Å². The maximum Gasteiger partial charge on any atom is 0.328 e. The zero-order chi connectivity index (χ0) is 19.6. The van der Waals surface area contributed by atoms with E-state index < -0.39 is 18.1 Å². The molecule has 2 aromatic rings. The van der Waals surface area contributed by atoms with Gasteiger partial charge in [-0.1, -0.05) is 74.5 Å². The predicted octanol–water partition coefficient (Wildman–Crippen LogP) is 2.83. The van der Waals surface area contributed by atoms with Gasteiger partial charge in [0.25, 0.3) is 0 Å². The second-order valence-corrected chi connectivity index (χ2v) is 7.08. The fourth-order valence-electron chi connectivity index (χ4n) is 2.75. The Kier molecular flexibility index (Phi) is 8.01. The Morgan fingerprint density at radius 3 is 2.07 bits per heavy atom. The van der Waals surface area contributed by atoms with Crippen LogP contribution in [0.3, 0.4) is 0 Å². The molecule has 0 aliphatic heterocycles. The smallest absolute Gasteiger partial charge is 0.328 e. The third-order valence-corrected chi connectivity index (χ3v) is 4.17. The van der Waals surface area contributed by atoms with Crippen molar-refractivity contribution in [3.63, 3.8) is 0 Å². The molecule has 0 unspecified atom stereocenters. The van der Waals surface area contributed by atoms with E-state index in [0.29, 0.717) is 12.8 Å². The molecule has 0 saturated carbocycles. The standard InChI is InChI=1S/C22H28N2O3/c1-16(2)13-20(22(26)27-15-18-11-7-4-8-12-18)24-21(25)19(23)14-17-9-5-3-6-10-17/h3-12,16,19-20H,13-15,23H2,1-2H3,(H,24,25)/t19-,20-/m0/s1. The summed E-state index contributed by atoms with van der Waals surface area (Å²) in [5.41, 5.74) is 7.91. The summed E-state index contributed by atoms with van der Waals surface area (Å²) in [5.74, 6) is -0.557. The van der Waals surface area contributed by atoms with Crippen LogP contribution in [-0.4, -0.2) is 24.0 Å². The van der Waals surface area contributed by atoms with Crippen LogP contribution in [0.1, 0.15) is 31.4 Å². The Hall–Kier alpha value is -2.66. The number of carbonyl (C=O) groups is 2. The zero-order valence-electron chi connectivity index (χ0n) is 15.9. The van der Waals surface area contributed by atoms with Crippen LogP contribution in [0.25, 0.3) is 0 Å². The van der Waals surface area contributed by atoms with Gasteiger partial charge in [0.2, 0.25) is 5.91 Å². The molecule has 0 fully saturated rings. The Bertz CT molecular complexity index is 717. The van der Waals surface area contributed by atoms with Gasteiger partial charge in [-0.25, -0.2) is 4.79 Å². The molecule has 144 valence electrons. The number of hydrogen-bond acceptors (Lipinski definition) is 4. The molecular formula is C22H28N2O3. The Morgan fingerprint density at radius 1 is 0.963 bits per heavy atom. The summed E-state index contributed by atoms with van der Waals surface area (Å²) in [6.07, 6.45) is 0.914. The van der Waals surface area contributed by atoms with Gasteiger partial charge in [0, 0.05) is 0 Å². The first-order chi connectivity index (χ1) is 13.0. The summed E-state index contributed by atoms with van der Waals surface area (Å²) < 4.78 is 5.40. The molecule has 3 N–H and O–H groups in total. The monoisotopic (exact) mass is 368 g/mol. The van der Waals surface area contributed by atoms with Gasteiger partial charge in [-0.2, -0.15) is 0 Å². The number of carbonyl (C=O) groups excluding carboxylic acids is 2. The lowest BCUT2D eigenvalue weighted by molar-refractivity contribution is -0.149. The van der Waals surface area contributed by atoms with E-state index in [1.165, 1.54) is 0 Å². The molecule has 0 radical (unpaired) electrons. The molecule has 1 amide bonds. The minimum atomic E-state index is -0.719. The molecule has 0 heterocycles. The number of esters is 1. The van der Waals surface area contributed by atoms with Crippen molar-refractivity contribution in [2.45, 2.75) is 45.4 Å². The number of amides is 1. The summed E-state index contributed by atoms with van der Waals surface area (Å²) >= 11 is 0. The van der Waals surface area contributed by atoms with Crippen molar-refractivity contribution < 1.29 is 14.3 Å². The number of ether oxygens (including phenoxy) is 1. The maximum atomic E-state index is 12.5. The highest BCUT2D eigenvalue weighted by atomic mass is 16.5. The van der Waals surface area contributed by atoms with Gasteiger partial charge < -0.3 is 15.8 Å². The van der Waals surface area contributed by atoms with E-state index in [2.05, 4.69) is 5.32 Å². The Labute approximate surface area is 160 Å². The average molecular weight is 368 g/mol. The van der Waals surface area contributed by atoms with Crippen LogP contribution in [0.2, 0.25) is 0 Å². The average Bonchev–Trinajstić information content (AvgIpc) is 2.66. The summed E-state index contributed by atoms with van der Waals surface area (Å²) in [6.45, 7) is 4.17. The number of nitrogens with one attached hydrogen (secondary N) is 1. The number of hydrogen-bond donors (Lipinski definition) is 2. The summed E-state index contributed by atoms with van der Waals surface area (Å²) in [6, 6.07) is 17.6. The predicted molar refractivity (Wildman–Crippen MR) is 106 cm³/mol. The van der Waals surface area contributed by atoms with Crippen molar-refractivity contribution in [1.29, 1.82) is 0 Å². The Morgan fingerprint density at radius 2 is 1.52 bits per heavy atom. The van der Waals surface area contributed by atoms with Crippen LogP contribution < -0.4 is 11.1 Å². The van der Waals surface area contributed by atoms with E-state index in [9.17, 15) is 9.59 Å². The van der Waals surface area contributed by atoms with E-state index in [4.69, 9.17) is 10.5 Å². The molecule has 0 aromatic heterocycles. The largest absolute Gasteiger partial charge is 0.459 e. The summed E-state index contributed by atoms with van der Waals surface area (Å²) in [7, 11) is 0. The highest BCUT2D eigenvalue weighted by molar-refractivity contribution is 5.87. The van der Waals surface area contributed by atoms with E-state index in [0.717, 1.165) is 11.1 Å². The summed E-state index contributed by atoms with van der Waals surface area (Å²) in [5, 5.41) is 2.77. The minimum Gasteiger partial charge on any atom is -0.459 e. The second kappa shape index (κ2) is 10.5. The third-order valence-electron chi connectivity index (χ3n) is 4.17. The van der Waals surface area contributed by atoms with Crippen molar-refractivity contribution in [1.82, 2.24) is 5.32 Å². The maximum absolute atomic E-state index is 12.5. The molecule has 2 atom stereocenters. The van der Waals surface area contributed by atoms with Gasteiger partial charge >= 0.3 is 5.97 Å². The lowest BCUT2D eigenvalue weighted by Gasteiger charge is -2.21. The SMILES string of the molecule is CC(C)C[C@H](NC(=O)[C@@H](N)Cc1ccccc1)C(=O)OCc1ccccc1. The first kappa shape index (κ1) is 20.6. The zero-order valence-corrected chi connectivity index (χ0v) is 15.9. The fraction of sp³-hybridized carbons (Fsp3) is 0.364. The molecule has 5 nitrogen and oxygen atoms in total. The van der Waals surface area contributed by atoms with Crippen LogP contribution in [0.15, 0.2) is 60.7 Å². The molecule has 2 rings (SSSR count). The lowest BCUT2D eigenvalue weighted by atomic mass is 10.0. The first-order valence-electron chi connectivity index (χ1n) is 9.26. The Balaban J connectivity index is 1.93. The highest BCUT2D eigenvalue weighted by Gasteiger charge is 2.26. The van der Waals surface area contributed by atoms with Crippen LogP contribution in [0, 0.1) is 5.92 Å². The van der Waals surface area contributed by atoms with Gasteiger partial charge in [-0.15, -0.1) is 0 Å². The van der Waals surface area contributed by atoms with Gasteiger partial charge in [-0.3, -0.25) is 4.79 Å². The van der Waals surface area contributed by atoms with Gasteiger partial charge in [0.05, 0.1) is 6.04 Å². The quantitative estimate of drug-likeness (QED) is 0.667. The van der Waals surface area contributed by atoms with Crippen LogP contribution in [0.5, 0.6) is 0 Å². The number of rotatable bonds is 9. The van der Waals surface area contributed by atoms with E-state index >= 15 is 0 Å². The van der Waals surface area contributed by atoms with Crippen molar-refractivity contribution in [3.8, 4) is 0 Å². The van der Waals surface area contributed by atoms with Crippen molar-refractivity contribution in [2.24, 2.45) is 11.7 Å². The van der Waals surface area contributed by atoms with Gasteiger partial charge in [0.15, 0.2) is 0 Å². The molecule has 2 aromatic carbocycles. The third kappa shape index (κ3) is 7.23. The van der Waals surface area contributed by atoms with Crippen LogP contribution in [0.4, 0.5) is 0 Å². The molecule has 5 heteroatoms. The van der Waals surface area contributed by atoms with Crippen LogP contribution in [-0.2, 0) is 27.4 Å². The molecule has 0 aliphatic rings. The lowest BCUT2D eigenvalue weighted by Crippen LogP contribution is -2.50. The normalized spacial score (nSPS) is 13.0. The topological polar surface area (TPSA) is 81.4 Å². The summed E-state index contributed by atoms with van der Waals surface area (Å²) in [4.78, 5) is 25.0. The highest BCUT2D eigenvalue weighted by Crippen LogP contribution is 2.10. The first-order valence-corrected chi connectivity index (χ1v) is 9.26.